The number of carbonyl (C=O) groups excluding carboxylic acids is 2. The minimum atomic E-state index is -0.184. The largest absolute Gasteiger partial charge is 0.278 e. The molecule has 0 aromatic heterocycles. The lowest BCUT2D eigenvalue weighted by atomic mass is 9.98. The van der Waals surface area contributed by atoms with Crippen molar-refractivity contribution in [1.82, 2.24) is 4.90 Å². The number of hydrogen-bond donors (Lipinski definition) is 0. The molecular formula is C19H19NO2. The third-order valence-electron chi connectivity index (χ3n) is 4.19. The van der Waals surface area contributed by atoms with E-state index < -0.39 is 0 Å². The van der Waals surface area contributed by atoms with Gasteiger partial charge in [0.15, 0.2) is 0 Å². The molecule has 112 valence electrons. The summed E-state index contributed by atoms with van der Waals surface area (Å²) < 4.78 is 0. The Kier molecular flexibility index (Phi) is 4.05. The molecule has 0 saturated carbocycles. The van der Waals surface area contributed by atoms with Gasteiger partial charge < -0.3 is 0 Å². The SMILES string of the molecule is C[C@H]1CCCN(C(=O)c2ccc(-c3ccccc3)cc2)C1=O. The smallest absolute Gasteiger partial charge is 0.260 e. The molecule has 3 heteroatoms. The minimum absolute atomic E-state index is 0.0524. The van der Waals surface area contributed by atoms with Crippen LogP contribution in [0.25, 0.3) is 11.1 Å². The van der Waals surface area contributed by atoms with Crippen molar-refractivity contribution < 1.29 is 9.59 Å². The number of benzene rings is 2. The summed E-state index contributed by atoms with van der Waals surface area (Å²) >= 11 is 0. The highest BCUT2D eigenvalue weighted by molar-refractivity contribution is 6.05. The summed E-state index contributed by atoms with van der Waals surface area (Å²) in [5.41, 5.74) is 2.75. The van der Waals surface area contributed by atoms with Crippen molar-refractivity contribution in [2.24, 2.45) is 5.92 Å². The maximum Gasteiger partial charge on any atom is 0.260 e. The highest BCUT2D eigenvalue weighted by Crippen LogP contribution is 2.22. The Morgan fingerprint density at radius 3 is 2.32 bits per heavy atom. The van der Waals surface area contributed by atoms with Crippen LogP contribution >= 0.6 is 0 Å². The topological polar surface area (TPSA) is 37.4 Å². The molecule has 0 aliphatic carbocycles. The molecule has 3 nitrogen and oxygen atoms in total. The Bertz CT molecular complexity index is 676. The average molecular weight is 293 g/mol. The van der Waals surface area contributed by atoms with Crippen molar-refractivity contribution in [1.29, 1.82) is 0 Å². The van der Waals surface area contributed by atoms with Crippen LogP contribution in [0.3, 0.4) is 0 Å². The predicted octanol–water partition coefficient (Wildman–Crippen LogP) is 3.75. The third kappa shape index (κ3) is 2.80. The maximum absolute atomic E-state index is 12.5. The fourth-order valence-corrected chi connectivity index (χ4v) is 2.85. The molecule has 0 radical (unpaired) electrons. The zero-order chi connectivity index (χ0) is 15.5. The first-order valence-electron chi connectivity index (χ1n) is 7.68. The van der Waals surface area contributed by atoms with Gasteiger partial charge in [0.2, 0.25) is 5.91 Å². The van der Waals surface area contributed by atoms with Crippen LogP contribution in [0.15, 0.2) is 54.6 Å². The summed E-state index contributed by atoms with van der Waals surface area (Å²) in [6.45, 7) is 2.42. The lowest BCUT2D eigenvalue weighted by Gasteiger charge is -2.29. The minimum Gasteiger partial charge on any atom is -0.278 e. The lowest BCUT2D eigenvalue weighted by Crippen LogP contribution is -2.44. The molecule has 1 aliphatic heterocycles. The van der Waals surface area contributed by atoms with Crippen LogP contribution in [0.2, 0.25) is 0 Å². The van der Waals surface area contributed by atoms with E-state index >= 15 is 0 Å². The van der Waals surface area contributed by atoms with Gasteiger partial charge in [-0.05, 0) is 36.1 Å². The van der Waals surface area contributed by atoms with Crippen LogP contribution in [0, 0.1) is 5.92 Å². The Balaban J connectivity index is 1.81. The van der Waals surface area contributed by atoms with Crippen molar-refractivity contribution in [3.05, 3.63) is 60.2 Å². The van der Waals surface area contributed by atoms with Crippen LogP contribution < -0.4 is 0 Å². The summed E-state index contributed by atoms with van der Waals surface area (Å²) in [6.07, 6.45) is 1.76. The normalized spacial score (nSPS) is 18.3. The van der Waals surface area contributed by atoms with Crippen molar-refractivity contribution >= 4 is 11.8 Å². The van der Waals surface area contributed by atoms with Gasteiger partial charge in [0.25, 0.3) is 5.91 Å². The number of hydrogen-bond acceptors (Lipinski definition) is 2. The van der Waals surface area contributed by atoms with Gasteiger partial charge in [-0.25, -0.2) is 0 Å². The molecule has 1 heterocycles. The first-order chi connectivity index (χ1) is 10.7. The highest BCUT2D eigenvalue weighted by atomic mass is 16.2. The van der Waals surface area contributed by atoms with Gasteiger partial charge in [0.1, 0.15) is 0 Å². The number of imide groups is 1. The van der Waals surface area contributed by atoms with E-state index in [0.29, 0.717) is 12.1 Å². The Hall–Kier alpha value is -2.42. The molecule has 0 unspecified atom stereocenters. The number of rotatable bonds is 2. The Morgan fingerprint density at radius 1 is 1.00 bits per heavy atom. The number of carbonyl (C=O) groups is 2. The molecule has 2 amide bonds. The molecular weight excluding hydrogens is 274 g/mol. The van der Waals surface area contributed by atoms with E-state index in [9.17, 15) is 9.59 Å². The second-order valence-corrected chi connectivity index (χ2v) is 5.78. The van der Waals surface area contributed by atoms with Crippen LogP contribution in [0.4, 0.5) is 0 Å². The monoisotopic (exact) mass is 293 g/mol. The summed E-state index contributed by atoms with van der Waals surface area (Å²) in [4.78, 5) is 26.0. The fourth-order valence-electron chi connectivity index (χ4n) is 2.85. The molecule has 22 heavy (non-hydrogen) atoms. The van der Waals surface area contributed by atoms with Crippen molar-refractivity contribution in [2.75, 3.05) is 6.54 Å². The molecule has 1 saturated heterocycles. The van der Waals surface area contributed by atoms with Gasteiger partial charge >= 0.3 is 0 Å². The van der Waals surface area contributed by atoms with Crippen LogP contribution in [-0.2, 0) is 4.79 Å². The molecule has 1 fully saturated rings. The molecule has 0 spiro atoms. The van der Waals surface area contributed by atoms with E-state index in [-0.39, 0.29) is 17.7 Å². The first kappa shape index (κ1) is 14.5. The molecule has 0 N–H and O–H groups in total. The van der Waals surface area contributed by atoms with E-state index in [4.69, 9.17) is 0 Å². The number of likely N-dealkylation sites (tertiary alicyclic amines) is 1. The van der Waals surface area contributed by atoms with Gasteiger partial charge in [-0.2, -0.15) is 0 Å². The second-order valence-electron chi connectivity index (χ2n) is 5.78. The predicted molar refractivity (Wildman–Crippen MR) is 86.3 cm³/mol. The molecule has 2 aromatic rings. The van der Waals surface area contributed by atoms with Gasteiger partial charge in [-0.3, -0.25) is 14.5 Å². The van der Waals surface area contributed by atoms with Gasteiger partial charge in [-0.1, -0.05) is 49.4 Å². The Morgan fingerprint density at radius 2 is 1.64 bits per heavy atom. The van der Waals surface area contributed by atoms with Crippen molar-refractivity contribution in [2.45, 2.75) is 19.8 Å². The highest BCUT2D eigenvalue weighted by Gasteiger charge is 2.30. The van der Waals surface area contributed by atoms with Crippen molar-refractivity contribution in [3.63, 3.8) is 0 Å². The number of amides is 2. The van der Waals surface area contributed by atoms with Gasteiger partial charge in [0.05, 0.1) is 0 Å². The second kappa shape index (κ2) is 6.14. The van der Waals surface area contributed by atoms with E-state index in [2.05, 4.69) is 0 Å². The molecule has 3 rings (SSSR count). The zero-order valence-electron chi connectivity index (χ0n) is 12.7. The standard InChI is InChI=1S/C19H19NO2/c1-14-6-5-13-20(18(14)21)19(22)17-11-9-16(10-12-17)15-7-3-2-4-8-15/h2-4,7-12,14H,5-6,13H2,1H3/t14-/m0/s1. The van der Waals surface area contributed by atoms with E-state index in [0.717, 1.165) is 24.0 Å². The van der Waals surface area contributed by atoms with E-state index in [1.54, 1.807) is 12.1 Å². The number of piperidine rings is 1. The third-order valence-corrected chi connectivity index (χ3v) is 4.19. The molecule has 1 atom stereocenters. The molecule has 2 aromatic carbocycles. The molecule has 1 aliphatic rings. The van der Waals surface area contributed by atoms with Gasteiger partial charge in [0, 0.05) is 18.0 Å². The number of nitrogens with zero attached hydrogens (tertiary/aromatic N) is 1. The maximum atomic E-state index is 12.5. The zero-order valence-corrected chi connectivity index (χ0v) is 12.7. The van der Waals surface area contributed by atoms with Crippen LogP contribution in [-0.4, -0.2) is 23.3 Å². The fraction of sp³-hybridized carbons (Fsp3) is 0.263. The Labute approximate surface area is 130 Å². The van der Waals surface area contributed by atoms with Crippen LogP contribution in [0.5, 0.6) is 0 Å². The summed E-state index contributed by atoms with van der Waals surface area (Å²) in [5, 5.41) is 0. The van der Waals surface area contributed by atoms with Crippen molar-refractivity contribution in [3.8, 4) is 11.1 Å². The van der Waals surface area contributed by atoms with Crippen LogP contribution in [0.1, 0.15) is 30.1 Å². The average Bonchev–Trinajstić information content (AvgIpc) is 2.58. The molecule has 0 bridgehead atoms. The first-order valence-corrected chi connectivity index (χ1v) is 7.68. The van der Waals surface area contributed by atoms with E-state index in [1.807, 2.05) is 49.4 Å². The summed E-state index contributed by atoms with van der Waals surface area (Å²) in [7, 11) is 0. The van der Waals surface area contributed by atoms with Gasteiger partial charge in [-0.15, -0.1) is 0 Å². The quantitative estimate of drug-likeness (QED) is 0.791. The summed E-state index contributed by atoms with van der Waals surface area (Å²) in [6, 6.07) is 17.5. The summed E-state index contributed by atoms with van der Waals surface area (Å²) in [5.74, 6) is -0.291. The van der Waals surface area contributed by atoms with E-state index in [1.165, 1.54) is 4.90 Å². The lowest BCUT2D eigenvalue weighted by molar-refractivity contribution is -0.134.